The summed E-state index contributed by atoms with van der Waals surface area (Å²) in [6, 6.07) is 2.94. The molecule has 0 radical (unpaired) electrons. The average molecular weight is 325 g/mol. The molecule has 3 heterocycles. The van der Waals surface area contributed by atoms with Gasteiger partial charge in [0.25, 0.3) is 5.91 Å². The van der Waals surface area contributed by atoms with E-state index in [1.165, 1.54) is 16.2 Å². The summed E-state index contributed by atoms with van der Waals surface area (Å²) in [6.07, 6.45) is 3.24. The Kier molecular flexibility index (Phi) is 4.92. The normalized spacial score (nSPS) is 25.7. The zero-order valence-corrected chi connectivity index (χ0v) is 14.5. The zero-order valence-electron chi connectivity index (χ0n) is 12.9. The number of fused-ring (bicyclic) bond motifs is 1. The molecule has 1 aromatic rings. The standard InChI is InChI=1S/C16H24N2OS2/c1-3-12-9-18(13(4-2)8-17-12)16(19)15-7-11-10-20-6-5-14(11)21-15/h7,12-13,17H,3-6,8-10H2,1-2H3. The summed E-state index contributed by atoms with van der Waals surface area (Å²) in [4.78, 5) is 17.5. The first-order valence-corrected chi connectivity index (χ1v) is 9.93. The smallest absolute Gasteiger partial charge is 0.264 e. The highest BCUT2D eigenvalue weighted by atomic mass is 32.2. The molecule has 0 spiro atoms. The molecular weight excluding hydrogens is 300 g/mol. The molecule has 1 fully saturated rings. The minimum absolute atomic E-state index is 0.256. The molecule has 1 amide bonds. The summed E-state index contributed by atoms with van der Waals surface area (Å²) >= 11 is 3.71. The number of thiophene rings is 1. The molecule has 1 aromatic heterocycles. The lowest BCUT2D eigenvalue weighted by atomic mass is 10.0. The first-order valence-electron chi connectivity index (χ1n) is 7.96. The first kappa shape index (κ1) is 15.4. The van der Waals surface area contributed by atoms with Crippen molar-refractivity contribution in [2.75, 3.05) is 18.8 Å². The van der Waals surface area contributed by atoms with Gasteiger partial charge in [0.1, 0.15) is 0 Å². The molecule has 0 bridgehead atoms. The molecule has 3 nitrogen and oxygen atoms in total. The summed E-state index contributed by atoms with van der Waals surface area (Å²) in [5.74, 6) is 2.53. The van der Waals surface area contributed by atoms with Crippen molar-refractivity contribution in [2.45, 2.75) is 50.9 Å². The van der Waals surface area contributed by atoms with Crippen molar-refractivity contribution in [3.8, 4) is 0 Å². The molecular formula is C16H24N2OS2. The van der Waals surface area contributed by atoms with Crippen LogP contribution < -0.4 is 5.32 Å². The van der Waals surface area contributed by atoms with Crippen LogP contribution in [0.5, 0.6) is 0 Å². The van der Waals surface area contributed by atoms with Gasteiger partial charge in [-0.25, -0.2) is 0 Å². The number of hydrogen-bond donors (Lipinski definition) is 1. The number of carbonyl (C=O) groups is 1. The van der Waals surface area contributed by atoms with Gasteiger partial charge in [-0.3, -0.25) is 4.79 Å². The molecule has 1 saturated heterocycles. The second-order valence-electron chi connectivity index (χ2n) is 5.89. The van der Waals surface area contributed by atoms with Crippen molar-refractivity contribution in [3.63, 3.8) is 0 Å². The molecule has 21 heavy (non-hydrogen) atoms. The van der Waals surface area contributed by atoms with Crippen LogP contribution in [0.25, 0.3) is 0 Å². The van der Waals surface area contributed by atoms with Crippen LogP contribution in [0, 0.1) is 0 Å². The predicted octanol–water partition coefficient (Wildman–Crippen LogP) is 3.14. The van der Waals surface area contributed by atoms with E-state index in [1.54, 1.807) is 11.3 Å². The molecule has 2 aliphatic rings. The molecule has 2 unspecified atom stereocenters. The van der Waals surface area contributed by atoms with Crippen LogP contribution in [-0.4, -0.2) is 41.7 Å². The number of rotatable bonds is 3. The highest BCUT2D eigenvalue weighted by molar-refractivity contribution is 7.98. The van der Waals surface area contributed by atoms with Crippen LogP contribution in [0.2, 0.25) is 0 Å². The largest absolute Gasteiger partial charge is 0.332 e. The van der Waals surface area contributed by atoms with Crippen molar-refractivity contribution in [1.82, 2.24) is 10.2 Å². The summed E-state index contributed by atoms with van der Waals surface area (Å²) in [7, 11) is 0. The molecule has 116 valence electrons. The van der Waals surface area contributed by atoms with Crippen molar-refractivity contribution in [2.24, 2.45) is 0 Å². The fourth-order valence-electron chi connectivity index (χ4n) is 3.14. The predicted molar refractivity (Wildman–Crippen MR) is 91.4 cm³/mol. The lowest BCUT2D eigenvalue weighted by Gasteiger charge is -2.39. The van der Waals surface area contributed by atoms with Gasteiger partial charge < -0.3 is 10.2 Å². The summed E-state index contributed by atoms with van der Waals surface area (Å²) in [6.45, 7) is 6.15. The monoisotopic (exact) mass is 324 g/mol. The third-order valence-corrected chi connectivity index (χ3v) is 6.80. The van der Waals surface area contributed by atoms with E-state index in [4.69, 9.17) is 0 Å². The van der Waals surface area contributed by atoms with Crippen LogP contribution in [0.15, 0.2) is 6.07 Å². The van der Waals surface area contributed by atoms with E-state index in [0.717, 1.165) is 43.0 Å². The number of thioether (sulfide) groups is 1. The van der Waals surface area contributed by atoms with E-state index in [0.29, 0.717) is 12.1 Å². The van der Waals surface area contributed by atoms with Gasteiger partial charge in [-0.2, -0.15) is 11.8 Å². The van der Waals surface area contributed by atoms with Crippen molar-refractivity contribution < 1.29 is 4.79 Å². The number of nitrogens with zero attached hydrogens (tertiary/aromatic N) is 1. The average Bonchev–Trinajstić information content (AvgIpc) is 2.97. The van der Waals surface area contributed by atoms with Gasteiger partial charge >= 0.3 is 0 Å². The van der Waals surface area contributed by atoms with E-state index in [-0.39, 0.29) is 5.91 Å². The highest BCUT2D eigenvalue weighted by Gasteiger charge is 2.31. The Morgan fingerprint density at radius 1 is 1.43 bits per heavy atom. The third-order valence-electron chi connectivity index (χ3n) is 4.56. The molecule has 0 aromatic carbocycles. The Bertz CT molecular complexity index is 491. The third kappa shape index (κ3) is 3.15. The van der Waals surface area contributed by atoms with Crippen LogP contribution in [0.4, 0.5) is 0 Å². The van der Waals surface area contributed by atoms with Crippen LogP contribution in [-0.2, 0) is 12.2 Å². The van der Waals surface area contributed by atoms with E-state index in [2.05, 4.69) is 30.1 Å². The van der Waals surface area contributed by atoms with Crippen molar-refractivity contribution in [3.05, 3.63) is 21.4 Å². The van der Waals surface area contributed by atoms with Gasteiger partial charge in [0.15, 0.2) is 0 Å². The Morgan fingerprint density at radius 2 is 2.29 bits per heavy atom. The lowest BCUT2D eigenvalue weighted by molar-refractivity contribution is 0.0581. The fourth-order valence-corrected chi connectivity index (χ4v) is 5.47. The quantitative estimate of drug-likeness (QED) is 0.927. The highest BCUT2D eigenvalue weighted by Crippen LogP contribution is 2.32. The zero-order chi connectivity index (χ0) is 14.8. The van der Waals surface area contributed by atoms with Crippen LogP contribution in [0.1, 0.15) is 46.8 Å². The van der Waals surface area contributed by atoms with Crippen LogP contribution >= 0.6 is 23.1 Å². The van der Waals surface area contributed by atoms with Gasteiger partial charge in [-0.05, 0) is 36.6 Å². The maximum atomic E-state index is 13.0. The summed E-state index contributed by atoms with van der Waals surface area (Å²) < 4.78 is 0. The number of aryl methyl sites for hydroxylation is 1. The van der Waals surface area contributed by atoms with E-state index < -0.39 is 0 Å². The SMILES string of the molecule is CCC1CN(C(=O)c2cc3c(s2)CCSC3)C(CC)CN1. The molecule has 0 saturated carbocycles. The number of carbonyl (C=O) groups excluding carboxylic acids is 1. The Labute approximate surface area is 135 Å². The van der Waals surface area contributed by atoms with Gasteiger partial charge in [-0.15, -0.1) is 11.3 Å². The van der Waals surface area contributed by atoms with Crippen molar-refractivity contribution >= 4 is 29.0 Å². The molecule has 2 aliphatic heterocycles. The summed E-state index contributed by atoms with van der Waals surface area (Å²) in [5.41, 5.74) is 1.40. The van der Waals surface area contributed by atoms with Gasteiger partial charge in [-0.1, -0.05) is 13.8 Å². The topological polar surface area (TPSA) is 32.3 Å². The molecule has 5 heteroatoms. The van der Waals surface area contributed by atoms with Crippen LogP contribution in [0.3, 0.4) is 0 Å². The Hall–Kier alpha value is -0.520. The molecule has 3 rings (SSSR count). The maximum absolute atomic E-state index is 13.0. The Balaban J connectivity index is 1.80. The van der Waals surface area contributed by atoms with Gasteiger partial charge in [0, 0.05) is 35.8 Å². The Morgan fingerprint density at radius 3 is 3.00 bits per heavy atom. The first-order chi connectivity index (χ1) is 10.2. The van der Waals surface area contributed by atoms with Crippen molar-refractivity contribution in [1.29, 1.82) is 0 Å². The number of amides is 1. The second kappa shape index (κ2) is 6.71. The molecule has 2 atom stereocenters. The summed E-state index contributed by atoms with van der Waals surface area (Å²) in [5, 5.41) is 3.56. The second-order valence-corrected chi connectivity index (χ2v) is 8.14. The molecule has 0 aliphatic carbocycles. The lowest BCUT2D eigenvalue weighted by Crippen LogP contribution is -2.57. The van der Waals surface area contributed by atoms with E-state index >= 15 is 0 Å². The minimum atomic E-state index is 0.256. The fraction of sp³-hybridized carbons (Fsp3) is 0.688. The van der Waals surface area contributed by atoms with E-state index in [1.807, 2.05) is 11.8 Å². The van der Waals surface area contributed by atoms with Gasteiger partial charge in [0.05, 0.1) is 4.88 Å². The molecule has 1 N–H and O–H groups in total. The van der Waals surface area contributed by atoms with Gasteiger partial charge in [0.2, 0.25) is 0 Å². The minimum Gasteiger partial charge on any atom is -0.332 e. The number of nitrogens with one attached hydrogen (secondary N) is 1. The maximum Gasteiger partial charge on any atom is 0.264 e. The number of hydrogen-bond acceptors (Lipinski definition) is 4. The number of piperazine rings is 1. The van der Waals surface area contributed by atoms with E-state index in [9.17, 15) is 4.79 Å².